The van der Waals surface area contributed by atoms with Gasteiger partial charge in [-0.3, -0.25) is 9.47 Å². The monoisotopic (exact) mass is 696 g/mol. The fourth-order valence-corrected chi connectivity index (χ4v) is 8.75. The number of anilines is 3. The van der Waals surface area contributed by atoms with Crippen LogP contribution in [-0.4, -0.2) is 24.5 Å². The van der Waals surface area contributed by atoms with Crippen LogP contribution in [0.4, 0.5) is 17.3 Å². The topological polar surface area (TPSA) is 59.7 Å². The van der Waals surface area contributed by atoms with Crippen molar-refractivity contribution in [1.29, 1.82) is 0 Å². The van der Waals surface area contributed by atoms with Crippen LogP contribution in [0.5, 0.6) is 0 Å². The summed E-state index contributed by atoms with van der Waals surface area (Å²) in [4.78, 5) is 23.1. The first-order valence-electron chi connectivity index (χ1n) is 17.6. The highest BCUT2D eigenvalue weighted by atomic mass is 32.1. The zero-order chi connectivity index (χ0) is 34.9. The molecule has 0 bridgehead atoms. The van der Waals surface area contributed by atoms with Crippen LogP contribution in [0.1, 0.15) is 0 Å². The third-order valence-corrected chi connectivity index (χ3v) is 11.1. The van der Waals surface area contributed by atoms with Gasteiger partial charge < -0.3 is 0 Å². The largest absolute Gasteiger partial charge is 0.279 e. The minimum absolute atomic E-state index is 0.586. The summed E-state index contributed by atoms with van der Waals surface area (Å²) in [5.41, 5.74) is 9.97. The van der Waals surface area contributed by atoms with Crippen molar-refractivity contribution in [3.63, 3.8) is 0 Å². The van der Waals surface area contributed by atoms with Crippen molar-refractivity contribution in [2.75, 3.05) is 4.90 Å². The number of hydrogen-bond acceptors (Lipinski definition) is 6. The molecule has 53 heavy (non-hydrogen) atoms. The van der Waals surface area contributed by atoms with Gasteiger partial charge in [-0.15, -0.1) is 11.3 Å². The van der Waals surface area contributed by atoms with E-state index in [0.29, 0.717) is 17.5 Å². The molecule has 7 aromatic carbocycles. The van der Waals surface area contributed by atoms with Gasteiger partial charge in [0, 0.05) is 48.0 Å². The van der Waals surface area contributed by atoms with Gasteiger partial charge >= 0.3 is 0 Å². The summed E-state index contributed by atoms with van der Waals surface area (Å²) < 4.78 is 4.74. The van der Waals surface area contributed by atoms with E-state index in [1.807, 2.05) is 24.3 Å². The summed E-state index contributed by atoms with van der Waals surface area (Å²) in [6.45, 7) is 0. The van der Waals surface area contributed by atoms with E-state index in [4.69, 9.17) is 19.9 Å². The lowest BCUT2D eigenvalue weighted by Crippen LogP contribution is -2.15. The molecule has 0 radical (unpaired) electrons. The molecule has 0 saturated carbocycles. The number of aromatic nitrogens is 5. The van der Waals surface area contributed by atoms with Gasteiger partial charge in [0.1, 0.15) is 0 Å². The van der Waals surface area contributed by atoms with E-state index in [9.17, 15) is 0 Å². The quantitative estimate of drug-likeness (QED) is 0.183. The maximum atomic E-state index is 5.32. The minimum atomic E-state index is 0.586. The molecular formula is C46H28N6S. The lowest BCUT2D eigenvalue weighted by Gasteiger charge is -2.26. The average molecular weight is 697 g/mol. The Morgan fingerprint density at radius 1 is 0.396 bits per heavy atom. The number of benzene rings is 7. The molecule has 0 N–H and O–H groups in total. The van der Waals surface area contributed by atoms with E-state index in [1.165, 1.54) is 20.2 Å². The van der Waals surface area contributed by atoms with Gasteiger partial charge in [0.25, 0.3) is 0 Å². The Morgan fingerprint density at radius 2 is 0.981 bits per heavy atom. The van der Waals surface area contributed by atoms with E-state index < -0.39 is 0 Å². The molecule has 11 rings (SSSR count). The first-order chi connectivity index (χ1) is 26.3. The Morgan fingerprint density at radius 3 is 1.81 bits per heavy atom. The fraction of sp³-hybridized carbons (Fsp3) is 0. The molecule has 0 aliphatic carbocycles. The van der Waals surface area contributed by atoms with Gasteiger partial charge in [0.05, 0.1) is 28.1 Å². The molecule has 6 nitrogen and oxygen atoms in total. The van der Waals surface area contributed by atoms with Gasteiger partial charge in [-0.25, -0.2) is 19.9 Å². The van der Waals surface area contributed by atoms with Gasteiger partial charge in [-0.1, -0.05) is 121 Å². The van der Waals surface area contributed by atoms with Crippen molar-refractivity contribution < 1.29 is 0 Å². The number of para-hydroxylation sites is 5. The highest BCUT2D eigenvalue weighted by Gasteiger charge is 2.31. The SMILES string of the molecule is c1ccc(-c2nc(-c3ccc4c(c3)sc3ccccc34)nc(-c3ccccc3N3c4ccccc4-c4ccccc4-n4c3nc3ccccc34)n2)cc1. The van der Waals surface area contributed by atoms with E-state index in [0.717, 1.165) is 61.9 Å². The maximum Gasteiger partial charge on any atom is 0.220 e. The molecular weight excluding hydrogens is 669 g/mol. The van der Waals surface area contributed by atoms with Gasteiger partial charge in [0.15, 0.2) is 17.5 Å². The minimum Gasteiger partial charge on any atom is -0.279 e. The number of imidazole rings is 1. The third kappa shape index (κ3) is 4.71. The fourth-order valence-electron chi connectivity index (χ4n) is 7.60. The van der Waals surface area contributed by atoms with Gasteiger partial charge in [-0.05, 0) is 48.5 Å². The molecule has 0 saturated heterocycles. The molecule has 0 fully saturated rings. The summed E-state index contributed by atoms with van der Waals surface area (Å²) in [6, 6.07) is 59.1. The molecule has 3 aromatic heterocycles. The predicted molar refractivity (Wildman–Crippen MR) is 217 cm³/mol. The second-order valence-electron chi connectivity index (χ2n) is 13.1. The van der Waals surface area contributed by atoms with Crippen molar-refractivity contribution in [3.05, 3.63) is 170 Å². The first-order valence-corrected chi connectivity index (χ1v) is 18.4. The highest BCUT2D eigenvalue weighted by Crippen LogP contribution is 2.49. The molecule has 1 aliphatic heterocycles. The Bertz CT molecular complexity index is 3040. The Labute approximate surface area is 309 Å². The van der Waals surface area contributed by atoms with Crippen molar-refractivity contribution in [3.8, 4) is 51.0 Å². The van der Waals surface area contributed by atoms with Crippen LogP contribution >= 0.6 is 11.3 Å². The van der Waals surface area contributed by atoms with E-state index in [1.54, 1.807) is 11.3 Å². The summed E-state index contributed by atoms with van der Waals surface area (Å²) in [7, 11) is 0. The molecule has 0 amide bonds. The van der Waals surface area contributed by atoms with Crippen molar-refractivity contribution >= 4 is 59.9 Å². The van der Waals surface area contributed by atoms with Crippen molar-refractivity contribution in [2.45, 2.75) is 0 Å². The van der Waals surface area contributed by atoms with Gasteiger partial charge in [-0.2, -0.15) is 0 Å². The van der Waals surface area contributed by atoms with Crippen LogP contribution in [0.3, 0.4) is 0 Å². The number of hydrogen-bond donors (Lipinski definition) is 0. The van der Waals surface area contributed by atoms with Crippen molar-refractivity contribution in [1.82, 2.24) is 24.5 Å². The average Bonchev–Trinajstić information content (AvgIpc) is 3.76. The number of nitrogens with zero attached hydrogens (tertiary/aromatic N) is 6. The molecule has 4 heterocycles. The van der Waals surface area contributed by atoms with Crippen molar-refractivity contribution in [2.24, 2.45) is 0 Å². The lowest BCUT2D eigenvalue weighted by atomic mass is 10.0. The lowest BCUT2D eigenvalue weighted by molar-refractivity contribution is 1.04. The molecule has 0 atom stereocenters. The zero-order valence-corrected chi connectivity index (χ0v) is 29.1. The highest BCUT2D eigenvalue weighted by molar-refractivity contribution is 7.25. The summed E-state index contributed by atoms with van der Waals surface area (Å²) >= 11 is 1.79. The maximum absolute atomic E-state index is 5.32. The van der Waals surface area contributed by atoms with Crippen LogP contribution in [0.25, 0.3) is 82.2 Å². The smallest absolute Gasteiger partial charge is 0.220 e. The molecule has 0 spiro atoms. The Hall–Kier alpha value is -6.96. The van der Waals surface area contributed by atoms with Crippen LogP contribution in [0.2, 0.25) is 0 Å². The van der Waals surface area contributed by atoms with Crippen LogP contribution < -0.4 is 4.90 Å². The third-order valence-electron chi connectivity index (χ3n) is 10.0. The molecule has 0 unspecified atom stereocenters. The number of fused-ring (bicyclic) bond motifs is 10. The van der Waals surface area contributed by atoms with E-state index in [2.05, 4.69) is 155 Å². The summed E-state index contributed by atoms with van der Waals surface area (Å²) in [5.74, 6) is 2.62. The van der Waals surface area contributed by atoms with E-state index in [-0.39, 0.29) is 0 Å². The van der Waals surface area contributed by atoms with Crippen LogP contribution in [-0.2, 0) is 0 Å². The number of rotatable bonds is 4. The second-order valence-corrected chi connectivity index (χ2v) is 14.2. The number of thiophene rings is 1. The Kier molecular flexibility index (Phi) is 6.62. The Balaban J connectivity index is 1.17. The van der Waals surface area contributed by atoms with Gasteiger partial charge in [0.2, 0.25) is 5.95 Å². The summed E-state index contributed by atoms with van der Waals surface area (Å²) in [6.07, 6.45) is 0. The normalized spacial score (nSPS) is 12.1. The van der Waals surface area contributed by atoms with Crippen LogP contribution in [0, 0.1) is 0 Å². The molecule has 1 aliphatic rings. The molecule has 7 heteroatoms. The van der Waals surface area contributed by atoms with Crippen LogP contribution in [0.15, 0.2) is 170 Å². The summed E-state index contributed by atoms with van der Waals surface area (Å²) in [5, 5.41) is 2.50. The predicted octanol–water partition coefficient (Wildman–Crippen LogP) is 12.0. The molecule has 248 valence electrons. The standard InChI is InChI=1S/C46H28N6S/c1-2-14-29(15-3-1)43-48-44(30-26-27-34-33-18-7-13-25-41(33)53-42(34)28-30)50-45(49-43)35-19-6-11-23-39(35)51-37-21-9-4-16-31(37)32-17-5-10-22-38(32)52-40-24-12-8-20-36(40)47-46(51)52/h1-28H. The first kappa shape index (κ1) is 29.7. The second kappa shape index (κ2) is 11.8. The molecule has 10 aromatic rings. The van der Waals surface area contributed by atoms with E-state index >= 15 is 0 Å². The zero-order valence-electron chi connectivity index (χ0n) is 28.3.